The molecule has 0 bridgehead atoms. The second-order valence-electron chi connectivity index (χ2n) is 2.62. The molecule has 0 atom stereocenters. The van der Waals surface area contributed by atoms with Gasteiger partial charge in [0.25, 0.3) is 0 Å². The summed E-state index contributed by atoms with van der Waals surface area (Å²) in [6.45, 7) is 0. The number of rotatable bonds is 4. The molecule has 0 aliphatic rings. The van der Waals surface area contributed by atoms with E-state index in [1.165, 1.54) is 6.08 Å². The Bertz CT molecular complexity index is 351. The van der Waals surface area contributed by atoms with Gasteiger partial charge >= 0.3 is 0 Å². The molecule has 1 rings (SSSR count). The Morgan fingerprint density at radius 2 is 1.93 bits per heavy atom. The van der Waals surface area contributed by atoms with Crippen LogP contribution in [-0.2, 0) is 4.79 Å². The van der Waals surface area contributed by atoms with Gasteiger partial charge in [0.05, 0.1) is 7.11 Å². The molecule has 0 saturated heterocycles. The van der Waals surface area contributed by atoms with E-state index >= 15 is 0 Å². The summed E-state index contributed by atoms with van der Waals surface area (Å²) in [6, 6.07) is 7.69. The highest BCUT2D eigenvalue weighted by Crippen LogP contribution is 2.18. The lowest BCUT2D eigenvalue weighted by atomic mass is 10.2. The van der Waals surface area contributed by atoms with Gasteiger partial charge in [-0.15, -0.1) is 0 Å². The molecule has 14 heavy (non-hydrogen) atoms. The minimum atomic E-state index is 0.743. The van der Waals surface area contributed by atoms with Crippen LogP contribution < -0.4 is 4.74 Å². The second kappa shape index (κ2) is 5.75. The highest BCUT2D eigenvalue weighted by atomic mass is 16.5. The quantitative estimate of drug-likeness (QED) is 0.412. The fourth-order valence-corrected chi connectivity index (χ4v) is 1.07. The van der Waals surface area contributed by atoms with Crippen molar-refractivity contribution in [2.75, 3.05) is 7.11 Å². The number of allylic oxidation sites excluding steroid dienone is 3. The SMILES string of the molecule is COc1ccccc1/C=C/C=C/C=O. The maximum Gasteiger partial charge on any atom is 0.142 e. The Hall–Kier alpha value is -1.83. The standard InChI is InChI=1S/C12H12O2/c1-14-12-9-5-4-8-11(12)7-3-2-6-10-13/h2-10H,1H3/b6-2+,7-3+. The largest absolute Gasteiger partial charge is 0.496 e. The molecule has 2 heteroatoms. The van der Waals surface area contributed by atoms with Gasteiger partial charge in [0, 0.05) is 5.56 Å². The summed E-state index contributed by atoms with van der Waals surface area (Å²) < 4.78 is 5.16. The molecule has 0 heterocycles. The van der Waals surface area contributed by atoms with Gasteiger partial charge in [-0.3, -0.25) is 4.79 Å². The molecule has 0 aliphatic heterocycles. The van der Waals surface area contributed by atoms with Crippen molar-refractivity contribution in [2.24, 2.45) is 0 Å². The number of carbonyl (C=O) groups excluding carboxylic acids is 1. The number of hydrogen-bond acceptors (Lipinski definition) is 2. The predicted molar refractivity (Wildman–Crippen MR) is 57.2 cm³/mol. The maximum atomic E-state index is 9.99. The molecule has 0 unspecified atom stereocenters. The molecule has 0 fully saturated rings. The summed E-state index contributed by atoms with van der Waals surface area (Å²) in [7, 11) is 1.63. The van der Waals surface area contributed by atoms with E-state index in [-0.39, 0.29) is 0 Å². The van der Waals surface area contributed by atoms with E-state index in [2.05, 4.69) is 0 Å². The Kier molecular flexibility index (Phi) is 4.21. The molecule has 72 valence electrons. The lowest BCUT2D eigenvalue weighted by Crippen LogP contribution is -1.84. The van der Waals surface area contributed by atoms with Crippen molar-refractivity contribution in [1.82, 2.24) is 0 Å². The van der Waals surface area contributed by atoms with Crippen molar-refractivity contribution in [2.45, 2.75) is 0 Å². The number of ether oxygens (including phenoxy) is 1. The zero-order valence-electron chi connectivity index (χ0n) is 8.01. The highest BCUT2D eigenvalue weighted by Gasteiger charge is 1.94. The summed E-state index contributed by atoms with van der Waals surface area (Å²) in [4.78, 5) is 9.99. The van der Waals surface area contributed by atoms with E-state index in [1.54, 1.807) is 19.3 Å². The van der Waals surface area contributed by atoms with E-state index in [0.717, 1.165) is 17.6 Å². The number of benzene rings is 1. The molecule has 0 spiro atoms. The van der Waals surface area contributed by atoms with Crippen molar-refractivity contribution in [3.63, 3.8) is 0 Å². The van der Waals surface area contributed by atoms with Crippen molar-refractivity contribution in [3.8, 4) is 5.75 Å². The van der Waals surface area contributed by atoms with Crippen LogP contribution in [0.25, 0.3) is 6.08 Å². The zero-order chi connectivity index (χ0) is 10.2. The maximum absolute atomic E-state index is 9.99. The molecule has 0 radical (unpaired) electrons. The third-order valence-electron chi connectivity index (χ3n) is 1.72. The molecule has 2 nitrogen and oxygen atoms in total. The number of para-hydroxylation sites is 1. The lowest BCUT2D eigenvalue weighted by molar-refractivity contribution is -0.104. The van der Waals surface area contributed by atoms with Crippen LogP contribution in [0.2, 0.25) is 0 Å². The van der Waals surface area contributed by atoms with Crippen LogP contribution in [-0.4, -0.2) is 13.4 Å². The summed E-state index contributed by atoms with van der Waals surface area (Å²) in [5.74, 6) is 0.822. The molecular formula is C12H12O2. The number of hydrogen-bond donors (Lipinski definition) is 0. The van der Waals surface area contributed by atoms with Crippen molar-refractivity contribution in [3.05, 3.63) is 48.1 Å². The highest BCUT2D eigenvalue weighted by molar-refractivity contribution is 5.66. The Labute approximate surface area is 83.5 Å². The van der Waals surface area contributed by atoms with Gasteiger partial charge in [0.15, 0.2) is 0 Å². The molecular weight excluding hydrogens is 176 g/mol. The summed E-state index contributed by atoms with van der Waals surface area (Å²) >= 11 is 0. The number of aldehydes is 1. The van der Waals surface area contributed by atoms with Crippen molar-refractivity contribution >= 4 is 12.4 Å². The van der Waals surface area contributed by atoms with E-state index in [4.69, 9.17) is 4.74 Å². The first-order valence-corrected chi connectivity index (χ1v) is 4.30. The van der Waals surface area contributed by atoms with Crippen LogP contribution in [0, 0.1) is 0 Å². The fourth-order valence-electron chi connectivity index (χ4n) is 1.07. The molecule has 0 amide bonds. The van der Waals surface area contributed by atoms with Gasteiger partial charge in [-0.1, -0.05) is 36.4 Å². The molecule has 0 N–H and O–H groups in total. The molecule has 0 saturated carbocycles. The Morgan fingerprint density at radius 1 is 1.14 bits per heavy atom. The smallest absolute Gasteiger partial charge is 0.142 e. The Balaban J connectivity index is 2.79. The molecule has 0 aliphatic carbocycles. The fraction of sp³-hybridized carbons (Fsp3) is 0.0833. The van der Waals surface area contributed by atoms with E-state index in [0.29, 0.717) is 0 Å². The normalized spacial score (nSPS) is 10.9. The van der Waals surface area contributed by atoms with Crippen molar-refractivity contribution < 1.29 is 9.53 Å². The monoisotopic (exact) mass is 188 g/mol. The third kappa shape index (κ3) is 2.90. The van der Waals surface area contributed by atoms with Gasteiger partial charge in [0.1, 0.15) is 12.0 Å². The first kappa shape index (κ1) is 10.3. The van der Waals surface area contributed by atoms with Crippen LogP contribution in [0.3, 0.4) is 0 Å². The molecule has 1 aromatic rings. The summed E-state index contributed by atoms with van der Waals surface area (Å²) in [5.41, 5.74) is 0.991. The van der Waals surface area contributed by atoms with E-state index < -0.39 is 0 Å². The average Bonchev–Trinajstić information content (AvgIpc) is 2.25. The topological polar surface area (TPSA) is 26.3 Å². The minimum absolute atomic E-state index is 0.743. The summed E-state index contributed by atoms with van der Waals surface area (Å²) in [6.07, 6.45) is 7.54. The summed E-state index contributed by atoms with van der Waals surface area (Å²) in [5, 5.41) is 0. The first-order valence-electron chi connectivity index (χ1n) is 4.30. The van der Waals surface area contributed by atoms with Gasteiger partial charge < -0.3 is 4.74 Å². The van der Waals surface area contributed by atoms with Gasteiger partial charge in [-0.25, -0.2) is 0 Å². The van der Waals surface area contributed by atoms with Crippen LogP contribution in [0.4, 0.5) is 0 Å². The number of methoxy groups -OCH3 is 1. The molecule has 0 aromatic heterocycles. The average molecular weight is 188 g/mol. The van der Waals surface area contributed by atoms with Gasteiger partial charge in [-0.05, 0) is 12.1 Å². The predicted octanol–water partition coefficient (Wildman–Crippen LogP) is 2.46. The first-order chi connectivity index (χ1) is 6.88. The van der Waals surface area contributed by atoms with Crippen LogP contribution >= 0.6 is 0 Å². The van der Waals surface area contributed by atoms with Crippen LogP contribution in [0.1, 0.15) is 5.56 Å². The third-order valence-corrected chi connectivity index (χ3v) is 1.72. The number of carbonyl (C=O) groups is 1. The van der Waals surface area contributed by atoms with Crippen LogP contribution in [0.5, 0.6) is 5.75 Å². The lowest BCUT2D eigenvalue weighted by Gasteiger charge is -2.02. The second-order valence-corrected chi connectivity index (χ2v) is 2.62. The van der Waals surface area contributed by atoms with Crippen molar-refractivity contribution in [1.29, 1.82) is 0 Å². The Morgan fingerprint density at radius 3 is 2.64 bits per heavy atom. The molecule has 1 aromatic carbocycles. The van der Waals surface area contributed by atoms with E-state index in [9.17, 15) is 4.79 Å². The van der Waals surface area contributed by atoms with E-state index in [1.807, 2.05) is 30.3 Å². The van der Waals surface area contributed by atoms with Gasteiger partial charge in [0.2, 0.25) is 0 Å². The van der Waals surface area contributed by atoms with Crippen LogP contribution in [0.15, 0.2) is 42.5 Å². The van der Waals surface area contributed by atoms with Gasteiger partial charge in [-0.2, -0.15) is 0 Å². The zero-order valence-corrected chi connectivity index (χ0v) is 8.01. The minimum Gasteiger partial charge on any atom is -0.496 e.